The Morgan fingerprint density at radius 2 is 0.500 bits per heavy atom. The van der Waals surface area contributed by atoms with Crippen molar-refractivity contribution in [1.82, 2.24) is 0 Å². The van der Waals surface area contributed by atoms with Crippen LogP contribution in [0.1, 0.15) is 0 Å². The maximum Gasteiger partial charge on any atom is 3.00 e. The molecule has 0 aromatic heterocycles. The van der Waals surface area contributed by atoms with Crippen molar-refractivity contribution in [1.29, 1.82) is 0 Å². The predicted octanol–water partition coefficient (Wildman–Crippen LogP) is -8.64. The Bertz CT molecular complexity index is 116. The van der Waals surface area contributed by atoms with Crippen LogP contribution in [-0.2, 0) is 50.5 Å². The average molecular weight is 330 g/mol. The van der Waals surface area contributed by atoms with Crippen LogP contribution in [0.4, 0.5) is 0 Å². The molecule has 76 valence electrons. The molecule has 0 aromatic carbocycles. The standard InChI is InChI=1S/3O3Si.2V/c3*1-4(2)3;;/q3*-2;2*+3. The number of hydrogen-bond acceptors (Lipinski definition) is 9. The molecule has 0 N–H and O–H groups in total. The number of rotatable bonds is 0. The second-order valence-electron chi connectivity index (χ2n) is 0.750. The molecule has 0 aliphatic carbocycles. The van der Waals surface area contributed by atoms with Gasteiger partial charge in [-0.05, 0) is 0 Å². The molecule has 0 saturated heterocycles. The molecule has 0 amide bonds. The molecule has 0 aliphatic rings. The van der Waals surface area contributed by atoms with Gasteiger partial charge in [-0.2, -0.15) is 0 Å². The largest absolute Gasteiger partial charge is 3.00 e. The van der Waals surface area contributed by atoms with Crippen LogP contribution < -0.4 is 28.8 Å². The van der Waals surface area contributed by atoms with Crippen LogP contribution in [0, 0.1) is 0 Å². The van der Waals surface area contributed by atoms with Gasteiger partial charge in [0.1, 0.15) is 0 Å². The second-order valence-corrected chi connectivity index (χ2v) is 2.25. The molecule has 0 spiro atoms. The monoisotopic (exact) mass is 330 g/mol. The third-order valence-electron chi connectivity index (χ3n) is 0. The molecule has 14 heteroatoms. The second kappa shape index (κ2) is 23.1. The van der Waals surface area contributed by atoms with Crippen LogP contribution in [0.15, 0.2) is 0 Å². The van der Waals surface area contributed by atoms with Crippen LogP contribution in [0.3, 0.4) is 0 Å². The normalized spacial score (nSPS) is 5.14. The van der Waals surface area contributed by atoms with Gasteiger partial charge in [0.25, 0.3) is 0 Å². The Hall–Kier alpha value is 0.0195. The summed E-state index contributed by atoms with van der Waals surface area (Å²) in [5.41, 5.74) is 0. The molecule has 0 saturated carbocycles. The first-order valence-electron chi connectivity index (χ1n) is 1.84. The maximum atomic E-state index is 8.52. The van der Waals surface area contributed by atoms with E-state index in [1.807, 2.05) is 0 Å². The van der Waals surface area contributed by atoms with Crippen LogP contribution in [0.25, 0.3) is 0 Å². The van der Waals surface area contributed by atoms with Crippen molar-refractivity contribution in [3.8, 4) is 0 Å². The van der Waals surface area contributed by atoms with Crippen molar-refractivity contribution in [2.24, 2.45) is 0 Å². The van der Waals surface area contributed by atoms with Gasteiger partial charge in [-0.15, -0.1) is 0 Å². The first kappa shape index (κ1) is 29.2. The van der Waals surface area contributed by atoms with Crippen LogP contribution in [-0.4, -0.2) is 27.5 Å². The number of hydrogen-bond donors (Lipinski definition) is 0. The SMILES string of the molecule is O=[Si]([O-])[O-].O=[Si]([O-])[O-].O=[Si]([O-])[O-].[V+3].[V+3]. The fraction of sp³-hybridized carbons (Fsp3) is 0. The maximum absolute atomic E-state index is 8.52. The van der Waals surface area contributed by atoms with Gasteiger partial charge in [0.05, 0.1) is 0 Å². The van der Waals surface area contributed by atoms with Gasteiger partial charge >= 0.3 is 37.1 Å². The summed E-state index contributed by atoms with van der Waals surface area (Å²) in [5, 5.41) is 0. The van der Waals surface area contributed by atoms with Crippen LogP contribution in [0.2, 0.25) is 0 Å². The van der Waals surface area contributed by atoms with Gasteiger partial charge < -0.3 is 42.2 Å². The minimum absolute atomic E-state index is 0. The van der Waals surface area contributed by atoms with Gasteiger partial charge in [0.15, 0.2) is 0 Å². The van der Waals surface area contributed by atoms with Crippen molar-refractivity contribution in [2.45, 2.75) is 0 Å². The molecule has 14 heavy (non-hydrogen) atoms. The van der Waals surface area contributed by atoms with E-state index in [-0.39, 0.29) is 37.1 Å². The van der Waals surface area contributed by atoms with Gasteiger partial charge in [-0.25, -0.2) is 0 Å². The predicted molar refractivity (Wildman–Crippen MR) is 19.3 cm³/mol. The van der Waals surface area contributed by atoms with Gasteiger partial charge in [0.2, 0.25) is 0 Å². The van der Waals surface area contributed by atoms with Gasteiger partial charge in [-0.1, -0.05) is 0 Å². The smallest absolute Gasteiger partial charge is 0.672 e. The summed E-state index contributed by atoms with van der Waals surface area (Å²) < 4.78 is 25.6. The average Bonchev–Trinajstić information content (AvgIpc) is 1.54. The Balaban J connectivity index is -0.0000000270. The summed E-state index contributed by atoms with van der Waals surface area (Å²) in [6, 6.07) is 0. The van der Waals surface area contributed by atoms with E-state index in [9.17, 15) is 0 Å². The van der Waals surface area contributed by atoms with Crippen molar-refractivity contribution in [2.75, 3.05) is 0 Å². The molecule has 0 fully saturated rings. The zero-order valence-corrected chi connectivity index (χ0v) is 11.9. The first-order valence-corrected chi connectivity index (χ1v) is 5.51. The Morgan fingerprint density at radius 1 is 0.500 bits per heavy atom. The van der Waals surface area contributed by atoms with Crippen molar-refractivity contribution >= 4 is 27.5 Å². The minimum Gasteiger partial charge on any atom is -0.672 e. The third kappa shape index (κ3) is 3850000. The summed E-state index contributed by atoms with van der Waals surface area (Å²) in [7, 11) is -10.9. The Kier molecular flexibility index (Phi) is 48.2. The molecule has 0 aliphatic heterocycles. The molecule has 0 radical (unpaired) electrons. The van der Waals surface area contributed by atoms with Crippen molar-refractivity contribution in [3.05, 3.63) is 0 Å². The molecular weight excluding hydrogens is 330 g/mol. The van der Waals surface area contributed by atoms with E-state index in [0.29, 0.717) is 0 Å². The Morgan fingerprint density at radius 3 is 0.500 bits per heavy atom. The summed E-state index contributed by atoms with van der Waals surface area (Å²) >= 11 is 0. The van der Waals surface area contributed by atoms with E-state index < -0.39 is 27.5 Å². The first-order chi connectivity index (χ1) is 5.20. The van der Waals surface area contributed by atoms with E-state index in [0.717, 1.165) is 0 Å². The van der Waals surface area contributed by atoms with E-state index in [4.69, 9.17) is 42.2 Å². The van der Waals surface area contributed by atoms with E-state index in [2.05, 4.69) is 0 Å². The fourth-order valence-electron chi connectivity index (χ4n) is 0. The summed E-state index contributed by atoms with van der Waals surface area (Å²) in [6.07, 6.45) is 0. The van der Waals surface area contributed by atoms with E-state index >= 15 is 0 Å². The molecule has 0 unspecified atom stereocenters. The van der Waals surface area contributed by atoms with E-state index in [1.165, 1.54) is 0 Å². The summed E-state index contributed by atoms with van der Waals surface area (Å²) in [5.74, 6) is 0. The molecular formula is O9Si3V2. The van der Waals surface area contributed by atoms with Crippen LogP contribution in [0.5, 0.6) is 0 Å². The van der Waals surface area contributed by atoms with Gasteiger partial charge in [0, 0.05) is 27.5 Å². The van der Waals surface area contributed by atoms with E-state index in [1.54, 1.807) is 0 Å². The minimum atomic E-state index is -3.63. The molecule has 9 nitrogen and oxygen atoms in total. The third-order valence-corrected chi connectivity index (χ3v) is 0. The van der Waals surface area contributed by atoms with Crippen molar-refractivity contribution in [3.63, 3.8) is 0 Å². The molecule has 0 bridgehead atoms. The molecule has 0 aromatic rings. The van der Waals surface area contributed by atoms with Gasteiger partial charge in [-0.3, -0.25) is 0 Å². The Labute approximate surface area is 107 Å². The molecule has 0 rings (SSSR count). The summed E-state index contributed by atoms with van der Waals surface area (Å²) in [4.78, 5) is 51.1. The topological polar surface area (TPSA) is 190 Å². The zero-order valence-electron chi connectivity index (χ0n) is 6.07. The van der Waals surface area contributed by atoms with Crippen molar-refractivity contribution < 1.29 is 79.3 Å². The molecule has 0 heterocycles. The summed E-state index contributed by atoms with van der Waals surface area (Å²) in [6.45, 7) is 0. The van der Waals surface area contributed by atoms with Crippen LogP contribution >= 0.6 is 0 Å². The quantitative estimate of drug-likeness (QED) is 0.388. The molecule has 0 atom stereocenters. The fourth-order valence-corrected chi connectivity index (χ4v) is 0. The zero-order chi connectivity index (χ0) is 10.7.